The average Bonchev–Trinajstić information content (AvgIpc) is 3.24. The van der Waals surface area contributed by atoms with Crippen molar-refractivity contribution in [1.82, 2.24) is 14.7 Å². The molecule has 8 nitrogen and oxygen atoms in total. The Hall–Kier alpha value is -4.54. The lowest BCUT2D eigenvalue weighted by Crippen LogP contribution is -2.43. The number of amides is 2. The molecule has 41 heavy (non-hydrogen) atoms. The molecule has 214 valence electrons. The number of anilines is 1. The first kappa shape index (κ1) is 28.0. The summed E-state index contributed by atoms with van der Waals surface area (Å²) in [6.07, 6.45) is 1.38. The summed E-state index contributed by atoms with van der Waals surface area (Å²) in [5, 5.41) is 2.95. The monoisotopic (exact) mass is 566 g/mol. The number of hydrogen-bond acceptors (Lipinski definition) is 5. The van der Waals surface area contributed by atoms with Crippen molar-refractivity contribution >= 4 is 23.3 Å². The molecule has 1 N–H and O–H groups in total. The van der Waals surface area contributed by atoms with Crippen molar-refractivity contribution in [3.05, 3.63) is 94.7 Å². The lowest BCUT2D eigenvalue weighted by molar-refractivity contribution is 0.0576. The molecule has 0 fully saturated rings. The van der Waals surface area contributed by atoms with Crippen molar-refractivity contribution in [2.45, 2.75) is 52.4 Å². The van der Waals surface area contributed by atoms with Crippen molar-refractivity contribution in [3.8, 4) is 5.75 Å². The molecule has 2 aromatic heterocycles. The standard InChI is InChI=1S/C30H29F3N4O4/c1-17-26(37-13-6-9-25(27(37)34-17)40-16-20-21(32)7-5-8-22(20)33)28(38)35-23-12-14-36(29(39)41-30(2,3)4)24-11-10-18(31)15-19(23)24/h5-11,13,15,23H,12,14,16H2,1-4H3,(H,35,38). The number of nitrogens with one attached hydrogen (secondary N) is 1. The first-order valence-corrected chi connectivity index (χ1v) is 13.1. The van der Waals surface area contributed by atoms with Crippen LogP contribution in [-0.2, 0) is 11.3 Å². The molecule has 3 heterocycles. The predicted molar refractivity (Wildman–Crippen MR) is 145 cm³/mol. The first-order valence-electron chi connectivity index (χ1n) is 13.1. The Kier molecular flexibility index (Phi) is 7.37. The Morgan fingerprint density at radius 1 is 1.07 bits per heavy atom. The molecule has 0 spiro atoms. The maximum atomic E-state index is 14.3. The Balaban J connectivity index is 1.40. The molecule has 11 heteroatoms. The number of pyridine rings is 1. The molecule has 2 aromatic carbocycles. The van der Waals surface area contributed by atoms with Crippen LogP contribution >= 0.6 is 0 Å². The van der Waals surface area contributed by atoms with Gasteiger partial charge in [0.05, 0.1) is 23.0 Å². The second kappa shape index (κ2) is 10.8. The van der Waals surface area contributed by atoms with Crippen LogP contribution in [0.1, 0.15) is 60.5 Å². The van der Waals surface area contributed by atoms with Crippen LogP contribution in [0.15, 0.2) is 54.7 Å². The minimum atomic E-state index is -0.731. The van der Waals surface area contributed by atoms with Crippen LogP contribution in [0.4, 0.5) is 23.7 Å². The smallest absolute Gasteiger partial charge is 0.414 e. The fraction of sp³-hybridized carbons (Fsp3) is 0.300. The SMILES string of the molecule is Cc1nc2c(OCc3c(F)cccc3F)cccn2c1C(=O)NC1CCN(C(=O)OC(C)(C)C)c2ccc(F)cc21. The third-order valence-corrected chi connectivity index (χ3v) is 6.65. The summed E-state index contributed by atoms with van der Waals surface area (Å²) < 4.78 is 55.2. The van der Waals surface area contributed by atoms with Crippen LogP contribution in [-0.4, -0.2) is 33.5 Å². The summed E-state index contributed by atoms with van der Waals surface area (Å²) in [6, 6.07) is 10.2. The summed E-state index contributed by atoms with van der Waals surface area (Å²) in [5.41, 5.74) is 0.851. The number of rotatable bonds is 5. The van der Waals surface area contributed by atoms with E-state index in [1.54, 1.807) is 46.0 Å². The highest BCUT2D eigenvalue weighted by Crippen LogP contribution is 2.36. The fourth-order valence-electron chi connectivity index (χ4n) is 4.83. The number of fused-ring (bicyclic) bond motifs is 2. The second-order valence-corrected chi connectivity index (χ2v) is 10.8. The minimum Gasteiger partial charge on any atom is -0.485 e. The molecule has 0 aliphatic carbocycles. The highest BCUT2D eigenvalue weighted by Gasteiger charge is 2.33. The zero-order valence-corrected chi connectivity index (χ0v) is 23.0. The summed E-state index contributed by atoms with van der Waals surface area (Å²) in [5.74, 6) is -2.21. The number of hydrogen-bond donors (Lipinski definition) is 1. The van der Waals surface area contributed by atoms with E-state index in [9.17, 15) is 22.8 Å². The average molecular weight is 567 g/mol. The zero-order valence-electron chi connectivity index (χ0n) is 23.0. The third kappa shape index (κ3) is 5.70. The molecule has 2 amide bonds. The molecule has 0 radical (unpaired) electrons. The molecule has 0 bridgehead atoms. The van der Waals surface area contributed by atoms with Gasteiger partial charge >= 0.3 is 6.09 Å². The van der Waals surface area contributed by atoms with Gasteiger partial charge in [0.25, 0.3) is 5.91 Å². The zero-order chi connectivity index (χ0) is 29.5. The van der Waals surface area contributed by atoms with E-state index in [1.165, 1.54) is 33.6 Å². The van der Waals surface area contributed by atoms with Crippen LogP contribution in [0.2, 0.25) is 0 Å². The number of benzene rings is 2. The molecular weight excluding hydrogens is 537 g/mol. The summed E-state index contributed by atoms with van der Waals surface area (Å²) in [4.78, 5) is 32.3. The van der Waals surface area contributed by atoms with Gasteiger partial charge in [-0.25, -0.2) is 22.9 Å². The predicted octanol–water partition coefficient (Wildman–Crippen LogP) is 6.26. The number of aromatic nitrogens is 2. The van der Waals surface area contributed by atoms with E-state index in [-0.39, 0.29) is 35.8 Å². The van der Waals surface area contributed by atoms with Gasteiger partial charge in [-0.2, -0.15) is 0 Å². The highest BCUT2D eigenvalue weighted by molar-refractivity contribution is 5.96. The maximum absolute atomic E-state index is 14.3. The van der Waals surface area contributed by atoms with Gasteiger partial charge in [0.15, 0.2) is 11.4 Å². The number of imidazole rings is 1. The maximum Gasteiger partial charge on any atom is 0.414 e. The van der Waals surface area contributed by atoms with E-state index >= 15 is 0 Å². The van der Waals surface area contributed by atoms with Crippen LogP contribution in [0.25, 0.3) is 5.65 Å². The molecular formula is C30H29F3N4O4. The summed E-state index contributed by atoms with van der Waals surface area (Å²) in [6.45, 7) is 6.81. The quantitative estimate of drug-likeness (QED) is 0.309. The van der Waals surface area contributed by atoms with Gasteiger partial charge in [-0.3, -0.25) is 14.1 Å². The van der Waals surface area contributed by atoms with Gasteiger partial charge in [0, 0.05) is 18.3 Å². The number of nitrogens with zero attached hydrogens (tertiary/aromatic N) is 3. The molecule has 1 atom stereocenters. The Morgan fingerprint density at radius 2 is 1.80 bits per heavy atom. The molecule has 1 aliphatic heterocycles. The number of aryl methyl sites for hydroxylation is 1. The number of ether oxygens (including phenoxy) is 2. The third-order valence-electron chi connectivity index (χ3n) is 6.65. The van der Waals surface area contributed by atoms with E-state index in [0.717, 1.165) is 12.1 Å². The van der Waals surface area contributed by atoms with Crippen molar-refractivity contribution in [3.63, 3.8) is 0 Å². The summed E-state index contributed by atoms with van der Waals surface area (Å²) in [7, 11) is 0. The molecule has 0 saturated heterocycles. The normalized spacial score (nSPS) is 15.0. The molecule has 1 unspecified atom stereocenters. The summed E-state index contributed by atoms with van der Waals surface area (Å²) >= 11 is 0. The van der Waals surface area contributed by atoms with Crippen molar-refractivity contribution in [2.24, 2.45) is 0 Å². The number of carbonyl (C=O) groups is 2. The minimum absolute atomic E-state index is 0.218. The molecule has 4 aromatic rings. The molecule has 5 rings (SSSR count). The van der Waals surface area contributed by atoms with Gasteiger partial charge in [-0.1, -0.05) is 6.07 Å². The molecule has 1 aliphatic rings. The van der Waals surface area contributed by atoms with Gasteiger partial charge in [-0.15, -0.1) is 0 Å². The lowest BCUT2D eigenvalue weighted by atomic mass is 9.96. The van der Waals surface area contributed by atoms with Crippen LogP contribution < -0.4 is 15.0 Å². The van der Waals surface area contributed by atoms with Gasteiger partial charge in [-0.05, 0) is 76.6 Å². The Bertz CT molecular complexity index is 1630. The molecule has 0 saturated carbocycles. The topological polar surface area (TPSA) is 85.2 Å². The van der Waals surface area contributed by atoms with E-state index in [0.29, 0.717) is 23.4 Å². The highest BCUT2D eigenvalue weighted by atomic mass is 19.1. The number of carbonyl (C=O) groups excluding carboxylic acids is 2. The first-order chi connectivity index (χ1) is 19.4. The lowest BCUT2D eigenvalue weighted by Gasteiger charge is -2.35. The van der Waals surface area contributed by atoms with E-state index in [4.69, 9.17) is 9.47 Å². The Labute approximate surface area is 234 Å². The second-order valence-electron chi connectivity index (χ2n) is 10.8. The largest absolute Gasteiger partial charge is 0.485 e. The Morgan fingerprint density at radius 3 is 2.51 bits per heavy atom. The van der Waals surface area contributed by atoms with Crippen molar-refractivity contribution in [2.75, 3.05) is 11.4 Å². The van der Waals surface area contributed by atoms with Crippen LogP contribution in [0, 0.1) is 24.4 Å². The van der Waals surface area contributed by atoms with Crippen molar-refractivity contribution < 1.29 is 32.2 Å². The van der Waals surface area contributed by atoms with Gasteiger partial charge < -0.3 is 14.8 Å². The van der Waals surface area contributed by atoms with Gasteiger partial charge in [0.1, 0.15) is 35.4 Å². The van der Waals surface area contributed by atoms with Gasteiger partial charge in [0.2, 0.25) is 0 Å². The van der Waals surface area contributed by atoms with Crippen molar-refractivity contribution in [1.29, 1.82) is 0 Å². The van der Waals surface area contributed by atoms with E-state index in [1.807, 2.05) is 0 Å². The fourth-order valence-corrected chi connectivity index (χ4v) is 4.83. The van der Waals surface area contributed by atoms with Crippen LogP contribution in [0.5, 0.6) is 5.75 Å². The van der Waals surface area contributed by atoms with Crippen LogP contribution in [0.3, 0.4) is 0 Å². The number of halogens is 3. The van der Waals surface area contributed by atoms with E-state index in [2.05, 4.69) is 10.3 Å². The van der Waals surface area contributed by atoms with E-state index < -0.39 is 41.1 Å².